The van der Waals surface area contributed by atoms with Crippen molar-refractivity contribution >= 4 is 0 Å². The van der Waals surface area contributed by atoms with Gasteiger partial charge in [-0.2, -0.15) is 0 Å². The minimum absolute atomic E-state index is 0.0494. The maximum atomic E-state index is 10.1. The molecule has 3 nitrogen and oxygen atoms in total. The molecule has 1 N–H and O–H groups in total. The molecule has 0 bridgehead atoms. The molecule has 3 unspecified atom stereocenters. The van der Waals surface area contributed by atoms with Crippen LogP contribution in [0.25, 0.3) is 0 Å². The highest BCUT2D eigenvalue weighted by atomic mass is 16.5. The second-order valence-electron chi connectivity index (χ2n) is 4.28. The zero-order valence-electron chi connectivity index (χ0n) is 9.40. The molecule has 0 radical (unpaired) electrons. The van der Waals surface area contributed by atoms with Gasteiger partial charge < -0.3 is 14.6 Å². The number of aliphatic hydroxyl groups excluding tert-OH is 1. The molecule has 1 rings (SSSR count). The number of hydrogen-bond acceptors (Lipinski definition) is 3. The summed E-state index contributed by atoms with van der Waals surface area (Å²) in [5.74, 6) is 0.611. The average Bonchev–Trinajstić information content (AvgIpc) is 2.65. The molecule has 1 fully saturated rings. The van der Waals surface area contributed by atoms with Gasteiger partial charge in [0.15, 0.2) is 0 Å². The Hall–Kier alpha value is -0.120. The van der Waals surface area contributed by atoms with Crippen molar-refractivity contribution in [3.8, 4) is 0 Å². The lowest BCUT2D eigenvalue weighted by molar-refractivity contribution is -0.0803. The summed E-state index contributed by atoms with van der Waals surface area (Å²) in [6, 6.07) is 0. The smallest absolute Gasteiger partial charge is 0.0860 e. The fourth-order valence-electron chi connectivity index (χ4n) is 1.97. The van der Waals surface area contributed by atoms with Crippen LogP contribution in [0.4, 0.5) is 0 Å². The van der Waals surface area contributed by atoms with E-state index in [9.17, 15) is 5.11 Å². The standard InChI is InChI=1S/C11H22O3/c1-4-14-11(8(2)3)10(12)9-5-6-13-7-9/h8-12H,4-7H2,1-3H3. The van der Waals surface area contributed by atoms with E-state index in [0.717, 1.165) is 13.0 Å². The Kier molecular flexibility index (Phi) is 4.85. The summed E-state index contributed by atoms with van der Waals surface area (Å²) >= 11 is 0. The molecule has 1 aliphatic heterocycles. The Morgan fingerprint density at radius 1 is 1.50 bits per heavy atom. The Morgan fingerprint density at radius 2 is 2.21 bits per heavy atom. The quantitative estimate of drug-likeness (QED) is 0.733. The van der Waals surface area contributed by atoms with Crippen molar-refractivity contribution in [1.29, 1.82) is 0 Å². The van der Waals surface area contributed by atoms with Gasteiger partial charge in [0.2, 0.25) is 0 Å². The molecule has 3 heteroatoms. The average molecular weight is 202 g/mol. The summed E-state index contributed by atoms with van der Waals surface area (Å²) in [6.07, 6.45) is 0.529. The first-order chi connectivity index (χ1) is 6.66. The lowest BCUT2D eigenvalue weighted by atomic mass is 9.91. The molecule has 0 saturated carbocycles. The van der Waals surface area contributed by atoms with Gasteiger partial charge in [0.25, 0.3) is 0 Å². The van der Waals surface area contributed by atoms with Crippen LogP contribution < -0.4 is 0 Å². The topological polar surface area (TPSA) is 38.7 Å². The van der Waals surface area contributed by atoms with Gasteiger partial charge in [-0.3, -0.25) is 0 Å². The molecule has 1 saturated heterocycles. The van der Waals surface area contributed by atoms with E-state index in [1.54, 1.807) is 0 Å². The van der Waals surface area contributed by atoms with Crippen LogP contribution in [-0.4, -0.2) is 37.1 Å². The Morgan fingerprint density at radius 3 is 2.64 bits per heavy atom. The van der Waals surface area contributed by atoms with Gasteiger partial charge >= 0.3 is 0 Å². The van der Waals surface area contributed by atoms with Gasteiger partial charge in [-0.1, -0.05) is 13.8 Å². The summed E-state index contributed by atoms with van der Waals surface area (Å²) in [7, 11) is 0. The minimum Gasteiger partial charge on any atom is -0.390 e. The molecule has 3 atom stereocenters. The van der Waals surface area contributed by atoms with Crippen molar-refractivity contribution in [2.45, 2.75) is 39.4 Å². The molecule has 0 aromatic carbocycles. The third-order valence-electron chi connectivity index (χ3n) is 2.80. The summed E-state index contributed by atoms with van der Waals surface area (Å²) in [4.78, 5) is 0. The van der Waals surface area contributed by atoms with Crippen LogP contribution in [0.3, 0.4) is 0 Å². The first-order valence-electron chi connectivity index (χ1n) is 5.54. The van der Waals surface area contributed by atoms with Crippen molar-refractivity contribution in [3.05, 3.63) is 0 Å². The highest BCUT2D eigenvalue weighted by Crippen LogP contribution is 2.23. The first kappa shape index (κ1) is 12.0. The lowest BCUT2D eigenvalue weighted by Crippen LogP contribution is -2.39. The maximum Gasteiger partial charge on any atom is 0.0860 e. The van der Waals surface area contributed by atoms with E-state index in [1.165, 1.54) is 0 Å². The predicted molar refractivity (Wildman–Crippen MR) is 55.2 cm³/mol. The van der Waals surface area contributed by atoms with Crippen LogP contribution >= 0.6 is 0 Å². The summed E-state index contributed by atoms with van der Waals surface area (Å²) in [6.45, 7) is 8.25. The fraction of sp³-hybridized carbons (Fsp3) is 1.00. The molecule has 0 aromatic heterocycles. The molecule has 1 aliphatic rings. The third-order valence-corrected chi connectivity index (χ3v) is 2.80. The summed E-state index contributed by atoms with van der Waals surface area (Å²) in [5.41, 5.74) is 0. The lowest BCUT2D eigenvalue weighted by Gasteiger charge is -2.29. The second-order valence-corrected chi connectivity index (χ2v) is 4.28. The molecule has 0 amide bonds. The van der Waals surface area contributed by atoms with Gasteiger partial charge in [-0.15, -0.1) is 0 Å². The van der Waals surface area contributed by atoms with Gasteiger partial charge in [-0.05, 0) is 19.3 Å². The van der Waals surface area contributed by atoms with Gasteiger partial charge in [0.1, 0.15) is 0 Å². The van der Waals surface area contributed by atoms with E-state index >= 15 is 0 Å². The molecule has 1 heterocycles. The van der Waals surface area contributed by atoms with E-state index in [0.29, 0.717) is 19.1 Å². The van der Waals surface area contributed by atoms with Crippen LogP contribution in [0.1, 0.15) is 27.2 Å². The Balaban J connectivity index is 2.48. The van der Waals surface area contributed by atoms with E-state index in [2.05, 4.69) is 13.8 Å². The zero-order valence-corrected chi connectivity index (χ0v) is 9.40. The fourth-order valence-corrected chi connectivity index (χ4v) is 1.97. The number of rotatable bonds is 5. The van der Waals surface area contributed by atoms with Crippen molar-refractivity contribution < 1.29 is 14.6 Å². The minimum atomic E-state index is -0.377. The van der Waals surface area contributed by atoms with Crippen LogP contribution in [0.2, 0.25) is 0 Å². The van der Waals surface area contributed by atoms with E-state index in [-0.39, 0.29) is 18.1 Å². The molecular formula is C11H22O3. The van der Waals surface area contributed by atoms with E-state index < -0.39 is 0 Å². The molecule has 14 heavy (non-hydrogen) atoms. The largest absolute Gasteiger partial charge is 0.390 e. The molecule has 0 spiro atoms. The Bertz CT molecular complexity index is 153. The summed E-state index contributed by atoms with van der Waals surface area (Å²) in [5, 5.41) is 10.1. The van der Waals surface area contributed by atoms with Crippen LogP contribution in [0.15, 0.2) is 0 Å². The maximum absolute atomic E-state index is 10.1. The predicted octanol–water partition coefficient (Wildman–Crippen LogP) is 1.44. The van der Waals surface area contributed by atoms with E-state index in [1.807, 2.05) is 6.92 Å². The monoisotopic (exact) mass is 202 g/mol. The van der Waals surface area contributed by atoms with Gasteiger partial charge in [-0.25, -0.2) is 0 Å². The van der Waals surface area contributed by atoms with Crippen LogP contribution in [-0.2, 0) is 9.47 Å². The molecule has 0 aromatic rings. The molecule has 84 valence electrons. The van der Waals surface area contributed by atoms with Crippen molar-refractivity contribution in [3.63, 3.8) is 0 Å². The van der Waals surface area contributed by atoms with Crippen LogP contribution in [0, 0.1) is 11.8 Å². The van der Waals surface area contributed by atoms with Crippen molar-refractivity contribution in [2.24, 2.45) is 11.8 Å². The van der Waals surface area contributed by atoms with E-state index in [4.69, 9.17) is 9.47 Å². The van der Waals surface area contributed by atoms with Crippen molar-refractivity contribution in [2.75, 3.05) is 19.8 Å². The Labute approximate surface area is 86.4 Å². The molecule has 0 aliphatic carbocycles. The summed E-state index contributed by atoms with van der Waals surface area (Å²) < 4.78 is 10.8. The normalized spacial score (nSPS) is 26.8. The molecular weight excluding hydrogens is 180 g/mol. The number of aliphatic hydroxyl groups is 1. The van der Waals surface area contributed by atoms with Crippen LogP contribution in [0.5, 0.6) is 0 Å². The zero-order chi connectivity index (χ0) is 10.6. The number of hydrogen-bond donors (Lipinski definition) is 1. The van der Waals surface area contributed by atoms with Crippen molar-refractivity contribution in [1.82, 2.24) is 0 Å². The second kappa shape index (κ2) is 5.69. The SMILES string of the molecule is CCOC(C(C)C)C(O)C1CCOC1. The highest BCUT2D eigenvalue weighted by Gasteiger charge is 2.32. The number of ether oxygens (including phenoxy) is 2. The van der Waals surface area contributed by atoms with Gasteiger partial charge in [0.05, 0.1) is 18.8 Å². The highest BCUT2D eigenvalue weighted by molar-refractivity contribution is 4.81. The van der Waals surface area contributed by atoms with Gasteiger partial charge in [0, 0.05) is 19.1 Å². The first-order valence-corrected chi connectivity index (χ1v) is 5.54. The third kappa shape index (κ3) is 2.94.